The molecule has 5 rings (SSSR count). The highest BCUT2D eigenvalue weighted by atomic mass is 32.2. The summed E-state index contributed by atoms with van der Waals surface area (Å²) >= 11 is 0. The Hall–Kier alpha value is -3.50. The number of sulfonamides is 1. The zero-order valence-corrected chi connectivity index (χ0v) is 24.4. The van der Waals surface area contributed by atoms with Crippen LogP contribution >= 0.6 is 0 Å². The van der Waals surface area contributed by atoms with Crippen molar-refractivity contribution in [1.29, 1.82) is 0 Å². The monoisotopic (exact) mass is 562 g/mol. The van der Waals surface area contributed by atoms with Crippen molar-refractivity contribution in [3.63, 3.8) is 0 Å². The summed E-state index contributed by atoms with van der Waals surface area (Å²) in [5.41, 5.74) is 5.60. The zero-order valence-electron chi connectivity index (χ0n) is 23.6. The van der Waals surface area contributed by atoms with Gasteiger partial charge in [-0.1, -0.05) is 61.9 Å². The molecule has 2 heterocycles. The van der Waals surface area contributed by atoms with Gasteiger partial charge in [-0.05, 0) is 60.4 Å². The van der Waals surface area contributed by atoms with Crippen LogP contribution in [0.5, 0.6) is 0 Å². The average Bonchev–Trinajstić information content (AvgIpc) is 3.37. The number of benzene rings is 2. The van der Waals surface area contributed by atoms with Crippen LogP contribution < -0.4 is 10.6 Å². The van der Waals surface area contributed by atoms with E-state index in [0.717, 1.165) is 42.2 Å². The Morgan fingerprint density at radius 1 is 1.12 bits per heavy atom. The van der Waals surface area contributed by atoms with E-state index in [0.29, 0.717) is 5.69 Å². The van der Waals surface area contributed by atoms with Crippen LogP contribution in [0.1, 0.15) is 67.6 Å². The maximum absolute atomic E-state index is 13.4. The minimum absolute atomic E-state index is 0.0501. The lowest BCUT2D eigenvalue weighted by molar-refractivity contribution is -0.124. The maximum atomic E-state index is 13.4. The predicted molar refractivity (Wildman–Crippen MR) is 154 cm³/mol. The van der Waals surface area contributed by atoms with E-state index in [2.05, 4.69) is 59.9 Å². The summed E-state index contributed by atoms with van der Waals surface area (Å²) in [6, 6.07) is 12.4. The van der Waals surface area contributed by atoms with Crippen LogP contribution in [0, 0.1) is 12.3 Å². The molecule has 40 heavy (non-hydrogen) atoms. The lowest BCUT2D eigenvalue weighted by Crippen LogP contribution is -2.50. The summed E-state index contributed by atoms with van der Waals surface area (Å²) < 4.78 is 29.8. The number of hydrogen-bond acceptors (Lipinski definition) is 6. The first kappa shape index (κ1) is 28.0. The molecule has 0 spiro atoms. The van der Waals surface area contributed by atoms with Crippen LogP contribution in [0.15, 0.2) is 66.0 Å². The highest BCUT2D eigenvalue weighted by molar-refractivity contribution is 7.89. The first-order valence-electron chi connectivity index (χ1n) is 13.8. The summed E-state index contributed by atoms with van der Waals surface area (Å²) in [5.74, 6) is -0.400. The third-order valence-corrected chi connectivity index (χ3v) is 9.21. The lowest BCUT2D eigenvalue weighted by atomic mass is 9.86. The van der Waals surface area contributed by atoms with Gasteiger partial charge in [0, 0.05) is 38.1 Å². The minimum atomic E-state index is -3.93. The predicted octanol–water partition coefficient (Wildman–Crippen LogP) is 3.85. The molecule has 3 aromatic rings. The van der Waals surface area contributed by atoms with E-state index in [1.165, 1.54) is 29.1 Å². The minimum Gasteiger partial charge on any atom is -0.329 e. The van der Waals surface area contributed by atoms with Crippen molar-refractivity contribution < 1.29 is 13.2 Å². The van der Waals surface area contributed by atoms with E-state index < -0.39 is 22.0 Å². The molecule has 0 saturated carbocycles. The van der Waals surface area contributed by atoms with Gasteiger partial charge in [-0.25, -0.2) is 13.1 Å². The number of nitrogens with one attached hydrogen (secondary N) is 2. The number of carbonyl (C=O) groups is 1. The van der Waals surface area contributed by atoms with Crippen LogP contribution in [-0.2, 0) is 34.2 Å². The van der Waals surface area contributed by atoms with Crippen molar-refractivity contribution in [2.75, 3.05) is 6.54 Å². The van der Waals surface area contributed by atoms with Gasteiger partial charge in [0.05, 0.1) is 16.6 Å². The third kappa shape index (κ3) is 6.13. The lowest BCUT2D eigenvalue weighted by Gasteiger charge is -2.31. The molecule has 2 aliphatic rings. The Morgan fingerprint density at radius 2 is 1.90 bits per heavy atom. The normalized spacial score (nSPS) is 19.4. The van der Waals surface area contributed by atoms with Gasteiger partial charge in [0.15, 0.2) is 0 Å². The van der Waals surface area contributed by atoms with E-state index in [4.69, 9.17) is 0 Å². The molecule has 1 aliphatic heterocycles. The molecule has 9 nitrogen and oxygen atoms in total. The fourth-order valence-corrected chi connectivity index (χ4v) is 6.79. The molecule has 1 amide bonds. The van der Waals surface area contributed by atoms with Crippen molar-refractivity contribution >= 4 is 15.9 Å². The SMILES string of the molecule is Cc1ccc(S(=O)(=O)N2C=CNC(=O)C2Cc2cn([C@@H]3CCCc4cc(CNCC(C)(C)C)ccc43)nn2)cc1. The molecule has 1 unspecified atom stereocenters. The quantitative estimate of drug-likeness (QED) is 0.432. The van der Waals surface area contributed by atoms with E-state index in [-0.39, 0.29) is 22.8 Å². The second kappa shape index (κ2) is 11.2. The molecular weight excluding hydrogens is 524 g/mol. The van der Waals surface area contributed by atoms with Gasteiger partial charge in [-0.15, -0.1) is 5.10 Å². The Kier molecular flexibility index (Phi) is 7.83. The second-order valence-corrected chi connectivity index (χ2v) is 13.8. The number of aryl methyl sites for hydroxylation is 2. The topological polar surface area (TPSA) is 109 Å². The molecule has 2 N–H and O–H groups in total. The fourth-order valence-electron chi connectivity index (χ4n) is 5.34. The van der Waals surface area contributed by atoms with E-state index in [1.54, 1.807) is 24.3 Å². The molecule has 212 valence electrons. The fraction of sp³-hybridized carbons (Fsp3) is 0.433. The number of aromatic nitrogens is 3. The second-order valence-electron chi connectivity index (χ2n) is 12.0. The Balaban J connectivity index is 1.33. The van der Waals surface area contributed by atoms with Crippen molar-refractivity contribution in [1.82, 2.24) is 29.9 Å². The van der Waals surface area contributed by atoms with Crippen LogP contribution in [0.25, 0.3) is 0 Å². The maximum Gasteiger partial charge on any atom is 0.264 e. The Morgan fingerprint density at radius 3 is 2.65 bits per heavy atom. The summed E-state index contributed by atoms with van der Waals surface area (Å²) in [6.45, 7) is 10.4. The van der Waals surface area contributed by atoms with Gasteiger partial charge in [-0.3, -0.25) is 9.10 Å². The van der Waals surface area contributed by atoms with Crippen LogP contribution in [0.2, 0.25) is 0 Å². The number of fused-ring (bicyclic) bond motifs is 1. The average molecular weight is 563 g/mol. The molecule has 0 bridgehead atoms. The highest BCUT2D eigenvalue weighted by Gasteiger charge is 2.36. The largest absolute Gasteiger partial charge is 0.329 e. The summed E-state index contributed by atoms with van der Waals surface area (Å²) in [4.78, 5) is 13.0. The first-order chi connectivity index (χ1) is 19.0. The molecule has 1 aromatic heterocycles. The highest BCUT2D eigenvalue weighted by Crippen LogP contribution is 2.33. The van der Waals surface area contributed by atoms with E-state index in [1.807, 2.05) is 17.8 Å². The van der Waals surface area contributed by atoms with Crippen molar-refractivity contribution in [2.45, 2.75) is 76.9 Å². The van der Waals surface area contributed by atoms with Gasteiger partial charge >= 0.3 is 0 Å². The molecule has 2 aromatic carbocycles. The molecule has 2 atom stereocenters. The third-order valence-electron chi connectivity index (χ3n) is 7.41. The van der Waals surface area contributed by atoms with Crippen LogP contribution in [0.4, 0.5) is 0 Å². The zero-order chi connectivity index (χ0) is 28.5. The van der Waals surface area contributed by atoms with E-state index in [9.17, 15) is 13.2 Å². The molecule has 10 heteroatoms. The summed E-state index contributed by atoms with van der Waals surface area (Å²) in [6.07, 6.45) is 7.73. The summed E-state index contributed by atoms with van der Waals surface area (Å²) in [5, 5.41) is 15.0. The molecule has 0 fully saturated rings. The number of amides is 1. The van der Waals surface area contributed by atoms with Crippen molar-refractivity contribution in [3.05, 3.63) is 89.0 Å². The first-order valence-corrected chi connectivity index (χ1v) is 15.3. The number of hydrogen-bond donors (Lipinski definition) is 2. The van der Waals surface area contributed by atoms with Crippen LogP contribution in [-0.4, -0.2) is 46.2 Å². The van der Waals surface area contributed by atoms with Gasteiger partial charge < -0.3 is 10.6 Å². The molecule has 0 saturated heterocycles. The number of carbonyl (C=O) groups excluding carboxylic acids is 1. The van der Waals surface area contributed by atoms with Gasteiger partial charge in [0.25, 0.3) is 10.0 Å². The molecule has 0 radical (unpaired) electrons. The standard InChI is InChI=1S/C30H38N6O3S/c1-21-8-11-25(12-9-21)40(38,39)36-15-14-32-29(37)28(36)17-24-19-35(34-33-24)27-7-5-6-23-16-22(10-13-26(23)27)18-31-20-30(2,3)4/h8-16,19,27-28,31H,5-7,17-18,20H2,1-4H3,(H,32,37)/t27-,28?/m1/s1. The summed E-state index contributed by atoms with van der Waals surface area (Å²) in [7, 11) is -3.93. The number of rotatable bonds is 8. The van der Waals surface area contributed by atoms with Crippen molar-refractivity contribution in [3.8, 4) is 0 Å². The molecular formula is C30H38N6O3S. The molecule has 1 aliphatic carbocycles. The Bertz CT molecular complexity index is 1500. The van der Waals surface area contributed by atoms with Gasteiger partial charge in [-0.2, -0.15) is 0 Å². The number of nitrogens with zero attached hydrogens (tertiary/aromatic N) is 4. The van der Waals surface area contributed by atoms with E-state index >= 15 is 0 Å². The van der Waals surface area contributed by atoms with Gasteiger partial charge in [0.1, 0.15) is 6.04 Å². The van der Waals surface area contributed by atoms with Gasteiger partial charge in [0.2, 0.25) is 5.91 Å². The smallest absolute Gasteiger partial charge is 0.264 e. The van der Waals surface area contributed by atoms with Crippen molar-refractivity contribution in [2.24, 2.45) is 5.41 Å². The Labute approximate surface area is 236 Å². The van der Waals surface area contributed by atoms with Crippen LogP contribution in [0.3, 0.4) is 0 Å².